The van der Waals surface area contributed by atoms with E-state index in [0.29, 0.717) is 29.6 Å². The van der Waals surface area contributed by atoms with Crippen LogP contribution in [0.3, 0.4) is 0 Å². The fourth-order valence-electron chi connectivity index (χ4n) is 2.10. The van der Waals surface area contributed by atoms with Crippen molar-refractivity contribution in [2.24, 2.45) is 0 Å². The Balaban J connectivity index is 2.70. The van der Waals surface area contributed by atoms with Crippen molar-refractivity contribution in [2.45, 2.75) is 26.7 Å². The first kappa shape index (κ1) is 20.9. The van der Waals surface area contributed by atoms with Gasteiger partial charge in [0.2, 0.25) is 0 Å². The summed E-state index contributed by atoms with van der Waals surface area (Å²) in [5.74, 6) is 0.450. The van der Waals surface area contributed by atoms with Gasteiger partial charge in [-0.25, -0.2) is 0 Å². The molecule has 5 nitrogen and oxygen atoms in total. The minimum atomic E-state index is -0.221. The van der Waals surface area contributed by atoms with Gasteiger partial charge in [0.15, 0.2) is 5.11 Å². The lowest BCUT2D eigenvalue weighted by molar-refractivity contribution is 0.0973. The molecule has 0 radical (unpaired) electrons. The van der Waals surface area contributed by atoms with E-state index in [1.807, 2.05) is 4.90 Å². The number of hydrogen-bond acceptors (Lipinski definition) is 4. The molecular weight excluding hydrogens is 392 g/mol. The maximum atomic E-state index is 12.4. The van der Waals surface area contributed by atoms with Crippen molar-refractivity contribution in [3.05, 3.63) is 28.2 Å². The van der Waals surface area contributed by atoms with Crippen LogP contribution in [0.25, 0.3) is 0 Å². The van der Waals surface area contributed by atoms with Gasteiger partial charge in [-0.1, -0.05) is 13.8 Å². The van der Waals surface area contributed by atoms with Crippen molar-refractivity contribution < 1.29 is 14.3 Å². The second-order valence-electron chi connectivity index (χ2n) is 5.23. The van der Waals surface area contributed by atoms with Crippen LogP contribution in [0, 0.1) is 0 Å². The van der Waals surface area contributed by atoms with Gasteiger partial charge in [-0.2, -0.15) is 0 Å². The maximum Gasteiger partial charge on any atom is 0.257 e. The molecule has 0 aliphatic rings. The molecule has 1 aromatic carbocycles. The number of ether oxygens (including phenoxy) is 2. The lowest BCUT2D eigenvalue weighted by Crippen LogP contribution is -2.43. The summed E-state index contributed by atoms with van der Waals surface area (Å²) in [6.45, 7) is 6.81. The Morgan fingerprint density at radius 3 is 2.46 bits per heavy atom. The minimum Gasteiger partial charge on any atom is -0.490 e. The van der Waals surface area contributed by atoms with Gasteiger partial charge in [0.05, 0.1) is 11.1 Å². The Bertz CT molecular complexity index is 549. The van der Waals surface area contributed by atoms with Crippen molar-refractivity contribution in [2.75, 3.05) is 33.4 Å². The lowest BCUT2D eigenvalue weighted by atomic mass is 10.2. The van der Waals surface area contributed by atoms with Crippen LogP contribution in [0.2, 0.25) is 0 Å². The summed E-state index contributed by atoms with van der Waals surface area (Å²) in [5, 5.41) is 3.27. The van der Waals surface area contributed by atoms with Crippen LogP contribution in [-0.4, -0.2) is 49.3 Å². The summed E-state index contributed by atoms with van der Waals surface area (Å²) in [4.78, 5) is 14.4. The van der Waals surface area contributed by atoms with Gasteiger partial charge >= 0.3 is 0 Å². The van der Waals surface area contributed by atoms with Crippen molar-refractivity contribution in [3.8, 4) is 5.75 Å². The summed E-state index contributed by atoms with van der Waals surface area (Å²) in [5.41, 5.74) is 0.524. The summed E-state index contributed by atoms with van der Waals surface area (Å²) >= 11 is 8.78. The number of nitrogens with zero attached hydrogens (tertiary/aromatic N) is 1. The van der Waals surface area contributed by atoms with Gasteiger partial charge < -0.3 is 14.4 Å². The second kappa shape index (κ2) is 11.4. The zero-order valence-corrected chi connectivity index (χ0v) is 16.8. The van der Waals surface area contributed by atoms with Gasteiger partial charge in [-0.15, -0.1) is 0 Å². The van der Waals surface area contributed by atoms with Crippen LogP contribution < -0.4 is 10.1 Å². The molecule has 1 aromatic rings. The van der Waals surface area contributed by atoms with E-state index in [1.165, 1.54) is 0 Å². The highest BCUT2D eigenvalue weighted by Gasteiger charge is 2.14. The highest BCUT2D eigenvalue weighted by Crippen LogP contribution is 2.26. The number of thiocarbonyl (C=S) groups is 1. The first-order valence-corrected chi connectivity index (χ1v) is 9.25. The molecule has 0 aliphatic carbocycles. The van der Waals surface area contributed by atoms with E-state index in [1.54, 1.807) is 25.3 Å². The summed E-state index contributed by atoms with van der Waals surface area (Å²) in [6, 6.07) is 5.20. The molecule has 0 aromatic heterocycles. The zero-order chi connectivity index (χ0) is 17.9. The van der Waals surface area contributed by atoms with Gasteiger partial charge in [-0.3, -0.25) is 10.1 Å². The first-order chi connectivity index (χ1) is 11.5. The fraction of sp³-hybridized carbons (Fsp3) is 0.529. The third kappa shape index (κ3) is 6.75. The van der Waals surface area contributed by atoms with E-state index < -0.39 is 0 Å². The average molecular weight is 417 g/mol. The molecule has 7 heteroatoms. The number of amides is 1. The lowest BCUT2D eigenvalue weighted by Gasteiger charge is -2.24. The summed E-state index contributed by atoms with van der Waals surface area (Å²) in [7, 11) is 1.62. The molecule has 0 unspecified atom stereocenters. The molecule has 0 fully saturated rings. The molecule has 0 atom stereocenters. The molecule has 1 amide bonds. The number of nitrogens with one attached hydrogen (secondary N) is 1. The molecule has 0 bridgehead atoms. The Labute approximate surface area is 157 Å². The van der Waals surface area contributed by atoms with Crippen LogP contribution in [0.1, 0.15) is 37.0 Å². The van der Waals surface area contributed by atoms with Gasteiger partial charge in [0.25, 0.3) is 5.91 Å². The predicted octanol–water partition coefficient (Wildman–Crippen LogP) is 3.61. The average Bonchev–Trinajstić information content (AvgIpc) is 2.56. The number of carbonyl (C=O) groups excluding carboxylic acids is 1. The zero-order valence-electron chi connectivity index (χ0n) is 14.4. The number of halogens is 1. The minimum absolute atomic E-state index is 0.221. The molecule has 0 saturated heterocycles. The Morgan fingerprint density at radius 2 is 1.92 bits per heavy atom. The van der Waals surface area contributed by atoms with E-state index >= 15 is 0 Å². The van der Waals surface area contributed by atoms with Crippen molar-refractivity contribution in [1.29, 1.82) is 0 Å². The Kier molecular flexibility index (Phi) is 9.90. The third-order valence-electron chi connectivity index (χ3n) is 3.23. The number of hydrogen-bond donors (Lipinski definition) is 1. The molecular formula is C17H25BrN2O3S. The predicted molar refractivity (Wildman–Crippen MR) is 104 cm³/mol. The monoisotopic (exact) mass is 416 g/mol. The van der Waals surface area contributed by atoms with E-state index in [2.05, 4.69) is 35.1 Å². The number of methoxy groups -OCH3 is 1. The van der Waals surface area contributed by atoms with Gasteiger partial charge in [0.1, 0.15) is 12.4 Å². The highest BCUT2D eigenvalue weighted by molar-refractivity contribution is 9.10. The standard InChI is InChI=1S/C17H25BrN2O3S/c1-4-8-20(9-5-2)17(24)19-16(21)13-6-7-15(14(18)12-13)23-11-10-22-3/h6-7,12H,4-5,8-11H2,1-3H3,(H,19,21,24). The highest BCUT2D eigenvalue weighted by atomic mass is 79.9. The second-order valence-corrected chi connectivity index (χ2v) is 6.47. The molecule has 0 spiro atoms. The summed E-state index contributed by atoms with van der Waals surface area (Å²) in [6.07, 6.45) is 1.96. The van der Waals surface area contributed by atoms with Crippen LogP contribution in [0.15, 0.2) is 22.7 Å². The SMILES string of the molecule is CCCN(CCC)C(=S)NC(=O)c1ccc(OCCOC)c(Br)c1. The Hall–Kier alpha value is -1.18. The van der Waals surface area contributed by atoms with Crippen molar-refractivity contribution in [1.82, 2.24) is 10.2 Å². The van der Waals surface area contributed by atoms with Crippen LogP contribution in [0.4, 0.5) is 0 Å². The van der Waals surface area contributed by atoms with Gasteiger partial charge in [0, 0.05) is 25.8 Å². The number of benzene rings is 1. The molecule has 134 valence electrons. The quantitative estimate of drug-likeness (QED) is 0.492. The molecule has 0 heterocycles. The number of carbonyl (C=O) groups is 1. The summed E-state index contributed by atoms with van der Waals surface area (Å²) < 4.78 is 11.2. The van der Waals surface area contributed by atoms with Crippen LogP contribution in [-0.2, 0) is 4.74 Å². The first-order valence-electron chi connectivity index (χ1n) is 8.05. The third-order valence-corrected chi connectivity index (χ3v) is 4.21. The molecule has 24 heavy (non-hydrogen) atoms. The number of rotatable bonds is 9. The topological polar surface area (TPSA) is 50.8 Å². The van der Waals surface area contributed by atoms with Crippen LogP contribution in [0.5, 0.6) is 5.75 Å². The van der Waals surface area contributed by atoms with E-state index in [0.717, 1.165) is 30.4 Å². The molecule has 0 saturated carbocycles. The Morgan fingerprint density at radius 1 is 1.25 bits per heavy atom. The molecule has 1 rings (SSSR count). The van der Waals surface area contributed by atoms with Gasteiger partial charge in [-0.05, 0) is 59.2 Å². The largest absolute Gasteiger partial charge is 0.490 e. The van der Waals surface area contributed by atoms with Crippen molar-refractivity contribution >= 4 is 39.2 Å². The molecule has 0 aliphatic heterocycles. The maximum absolute atomic E-state index is 12.4. The fourth-order valence-corrected chi connectivity index (χ4v) is 2.87. The smallest absolute Gasteiger partial charge is 0.257 e. The molecule has 1 N–H and O–H groups in total. The van der Waals surface area contributed by atoms with E-state index in [9.17, 15) is 4.79 Å². The van der Waals surface area contributed by atoms with E-state index in [-0.39, 0.29) is 5.91 Å². The van der Waals surface area contributed by atoms with Crippen LogP contribution >= 0.6 is 28.1 Å². The normalized spacial score (nSPS) is 10.3. The van der Waals surface area contributed by atoms with Crippen molar-refractivity contribution in [3.63, 3.8) is 0 Å². The van der Waals surface area contributed by atoms with E-state index in [4.69, 9.17) is 21.7 Å².